The highest BCUT2D eigenvalue weighted by molar-refractivity contribution is 5.84. The summed E-state index contributed by atoms with van der Waals surface area (Å²) in [6, 6.07) is 3.37. The van der Waals surface area contributed by atoms with Crippen molar-refractivity contribution in [3.05, 3.63) is 33.9 Å². The molecule has 0 spiro atoms. The molecule has 1 atom stereocenters. The van der Waals surface area contributed by atoms with E-state index in [-0.39, 0.29) is 29.6 Å². The number of aliphatic hydroxyl groups excluding tert-OH is 1. The van der Waals surface area contributed by atoms with E-state index in [4.69, 9.17) is 5.11 Å². The number of aliphatic imine (C=N–C) groups is 1. The number of hydrogen-bond acceptors (Lipinski definition) is 5. The molecule has 0 bridgehead atoms. The normalized spacial score (nSPS) is 12.9. The van der Waals surface area contributed by atoms with Crippen molar-refractivity contribution in [2.24, 2.45) is 4.99 Å². The molecule has 0 saturated carbocycles. The molecular weight excluding hydrogens is 212 g/mol. The molecule has 6 heteroatoms. The Hall–Kier alpha value is -1.95. The minimum absolute atomic E-state index is 0.0838. The second kappa shape index (κ2) is 5.22. The van der Waals surface area contributed by atoms with Crippen molar-refractivity contribution in [3.63, 3.8) is 0 Å². The number of nitro groups is 1. The van der Waals surface area contributed by atoms with Gasteiger partial charge in [0.25, 0.3) is 5.69 Å². The number of phenols is 1. The van der Waals surface area contributed by atoms with Gasteiger partial charge in [-0.1, -0.05) is 0 Å². The molecule has 6 nitrogen and oxygen atoms in total. The van der Waals surface area contributed by atoms with Gasteiger partial charge in [-0.05, 0) is 13.0 Å². The van der Waals surface area contributed by atoms with Gasteiger partial charge in [-0.2, -0.15) is 0 Å². The maximum absolute atomic E-state index is 10.5. The van der Waals surface area contributed by atoms with Crippen LogP contribution in [0.1, 0.15) is 12.5 Å². The Bertz CT molecular complexity index is 417. The third kappa shape index (κ3) is 3.03. The van der Waals surface area contributed by atoms with Crippen LogP contribution in [0.4, 0.5) is 5.69 Å². The predicted octanol–water partition coefficient (Wildman–Crippen LogP) is 1.10. The Morgan fingerprint density at radius 3 is 2.88 bits per heavy atom. The van der Waals surface area contributed by atoms with Crippen molar-refractivity contribution in [1.82, 2.24) is 0 Å². The van der Waals surface area contributed by atoms with Crippen molar-refractivity contribution in [2.75, 3.05) is 6.61 Å². The zero-order chi connectivity index (χ0) is 12.1. The summed E-state index contributed by atoms with van der Waals surface area (Å²) in [5.41, 5.74) is 0.144. The number of non-ortho nitro benzene ring substituents is 1. The van der Waals surface area contributed by atoms with Crippen molar-refractivity contribution >= 4 is 11.9 Å². The van der Waals surface area contributed by atoms with Crippen LogP contribution < -0.4 is 0 Å². The van der Waals surface area contributed by atoms with E-state index in [9.17, 15) is 15.2 Å². The maximum Gasteiger partial charge on any atom is 0.270 e. The molecule has 1 aromatic carbocycles. The monoisotopic (exact) mass is 224 g/mol. The quantitative estimate of drug-likeness (QED) is 0.454. The first-order valence-corrected chi connectivity index (χ1v) is 4.66. The van der Waals surface area contributed by atoms with Gasteiger partial charge in [0.2, 0.25) is 0 Å². The molecule has 2 N–H and O–H groups in total. The summed E-state index contributed by atoms with van der Waals surface area (Å²) in [6.45, 7) is 1.57. The average Bonchev–Trinajstić information content (AvgIpc) is 2.27. The van der Waals surface area contributed by atoms with Gasteiger partial charge in [-0.3, -0.25) is 15.1 Å². The molecular formula is C10H12N2O4. The van der Waals surface area contributed by atoms with E-state index in [1.165, 1.54) is 24.4 Å². The molecule has 1 rings (SSSR count). The van der Waals surface area contributed by atoms with Crippen molar-refractivity contribution in [2.45, 2.75) is 13.0 Å². The Balaban J connectivity index is 2.98. The van der Waals surface area contributed by atoms with E-state index >= 15 is 0 Å². The van der Waals surface area contributed by atoms with Crippen LogP contribution in [0, 0.1) is 10.1 Å². The number of aromatic hydroxyl groups is 1. The van der Waals surface area contributed by atoms with E-state index in [0.717, 1.165) is 0 Å². The molecule has 0 fully saturated rings. The van der Waals surface area contributed by atoms with Crippen molar-refractivity contribution in [3.8, 4) is 5.75 Å². The molecule has 0 heterocycles. The Morgan fingerprint density at radius 2 is 2.31 bits per heavy atom. The van der Waals surface area contributed by atoms with Crippen LogP contribution in [0.5, 0.6) is 5.75 Å². The first-order chi connectivity index (χ1) is 7.54. The number of phenolic OH excluding ortho intramolecular Hbond substituents is 1. The van der Waals surface area contributed by atoms with Crippen LogP contribution in [0.25, 0.3) is 0 Å². The third-order valence-corrected chi connectivity index (χ3v) is 1.95. The lowest BCUT2D eigenvalue weighted by Crippen LogP contribution is -2.04. The van der Waals surface area contributed by atoms with Crippen LogP contribution in [0.2, 0.25) is 0 Å². The Labute approximate surface area is 92.0 Å². The van der Waals surface area contributed by atoms with Gasteiger partial charge in [0, 0.05) is 23.9 Å². The highest BCUT2D eigenvalue weighted by atomic mass is 16.6. The molecule has 0 amide bonds. The molecule has 0 radical (unpaired) electrons. The van der Waals surface area contributed by atoms with Crippen LogP contribution in [-0.2, 0) is 0 Å². The number of nitrogens with zero attached hydrogens (tertiary/aromatic N) is 2. The van der Waals surface area contributed by atoms with Gasteiger partial charge in [-0.15, -0.1) is 0 Å². The molecule has 1 unspecified atom stereocenters. The zero-order valence-corrected chi connectivity index (χ0v) is 8.70. The number of nitro benzene ring substituents is 1. The second-order valence-electron chi connectivity index (χ2n) is 3.31. The first kappa shape index (κ1) is 12.1. The largest absolute Gasteiger partial charge is 0.507 e. The van der Waals surface area contributed by atoms with E-state index in [2.05, 4.69) is 4.99 Å². The molecule has 0 aliphatic carbocycles. The molecule has 0 aliphatic heterocycles. The van der Waals surface area contributed by atoms with Crippen molar-refractivity contribution in [1.29, 1.82) is 0 Å². The smallest absolute Gasteiger partial charge is 0.270 e. The lowest BCUT2D eigenvalue weighted by atomic mass is 10.2. The van der Waals surface area contributed by atoms with Gasteiger partial charge in [0.15, 0.2) is 0 Å². The summed E-state index contributed by atoms with van der Waals surface area (Å²) < 4.78 is 0. The fourth-order valence-corrected chi connectivity index (χ4v) is 1.01. The molecule has 0 saturated heterocycles. The number of benzene rings is 1. The average molecular weight is 224 g/mol. The molecule has 0 aliphatic rings. The molecule has 0 aromatic heterocycles. The first-order valence-electron chi connectivity index (χ1n) is 4.66. The summed E-state index contributed by atoms with van der Waals surface area (Å²) in [5, 5.41) is 28.7. The van der Waals surface area contributed by atoms with E-state index in [0.29, 0.717) is 0 Å². The minimum atomic E-state index is -0.549. The standard InChI is InChI=1S/C10H12N2O4/c1-7(6-13)11-5-8-4-9(12(15)16)2-3-10(8)14/h2-5,7,13-14H,6H2,1H3. The van der Waals surface area contributed by atoms with Gasteiger partial charge in [0.1, 0.15) is 5.75 Å². The van der Waals surface area contributed by atoms with Gasteiger partial charge in [0.05, 0.1) is 17.6 Å². The van der Waals surface area contributed by atoms with E-state index < -0.39 is 4.92 Å². The molecule has 86 valence electrons. The van der Waals surface area contributed by atoms with Crippen LogP contribution in [0.15, 0.2) is 23.2 Å². The van der Waals surface area contributed by atoms with E-state index in [1.54, 1.807) is 6.92 Å². The predicted molar refractivity (Wildman–Crippen MR) is 58.9 cm³/mol. The summed E-state index contributed by atoms with van der Waals surface area (Å²) in [7, 11) is 0. The molecule has 1 aromatic rings. The summed E-state index contributed by atoms with van der Waals surface area (Å²) >= 11 is 0. The number of aliphatic hydroxyl groups is 1. The number of rotatable bonds is 4. The lowest BCUT2D eigenvalue weighted by Gasteiger charge is -2.01. The summed E-state index contributed by atoms with van der Waals surface area (Å²) in [4.78, 5) is 13.9. The van der Waals surface area contributed by atoms with Crippen molar-refractivity contribution < 1.29 is 15.1 Å². The van der Waals surface area contributed by atoms with Gasteiger partial charge >= 0.3 is 0 Å². The highest BCUT2D eigenvalue weighted by Gasteiger charge is 2.08. The van der Waals surface area contributed by atoms with Crippen LogP contribution >= 0.6 is 0 Å². The van der Waals surface area contributed by atoms with Gasteiger partial charge < -0.3 is 10.2 Å². The minimum Gasteiger partial charge on any atom is -0.507 e. The van der Waals surface area contributed by atoms with Gasteiger partial charge in [-0.25, -0.2) is 0 Å². The number of hydrogen-bond donors (Lipinski definition) is 2. The zero-order valence-electron chi connectivity index (χ0n) is 8.70. The second-order valence-corrected chi connectivity index (χ2v) is 3.31. The highest BCUT2D eigenvalue weighted by Crippen LogP contribution is 2.21. The maximum atomic E-state index is 10.5. The summed E-state index contributed by atoms with van der Waals surface area (Å²) in [6.07, 6.45) is 1.31. The van der Waals surface area contributed by atoms with Crippen LogP contribution in [-0.4, -0.2) is 34.0 Å². The summed E-state index contributed by atoms with van der Waals surface area (Å²) in [5.74, 6) is -0.0838. The Morgan fingerprint density at radius 1 is 1.62 bits per heavy atom. The Kier molecular flexibility index (Phi) is 3.96. The van der Waals surface area contributed by atoms with Crippen LogP contribution in [0.3, 0.4) is 0 Å². The fourth-order valence-electron chi connectivity index (χ4n) is 1.01. The fraction of sp³-hybridized carbons (Fsp3) is 0.300. The van der Waals surface area contributed by atoms with E-state index in [1.807, 2.05) is 0 Å². The topological polar surface area (TPSA) is 96.0 Å². The SMILES string of the molecule is CC(CO)N=Cc1cc([N+](=O)[O-])ccc1O. The molecule has 16 heavy (non-hydrogen) atoms. The lowest BCUT2D eigenvalue weighted by molar-refractivity contribution is -0.384. The third-order valence-electron chi connectivity index (χ3n) is 1.95.